The lowest BCUT2D eigenvalue weighted by Gasteiger charge is -2.10. The number of hydrogen-bond acceptors (Lipinski definition) is 2. The number of carbonyl (C=O) groups is 2. The van der Waals surface area contributed by atoms with Crippen molar-refractivity contribution in [1.82, 2.24) is 5.32 Å². The van der Waals surface area contributed by atoms with E-state index < -0.39 is 5.97 Å². The topological polar surface area (TPSA) is 78.4 Å². The highest BCUT2D eigenvalue weighted by Gasteiger charge is 2.04. The number of benzene rings is 1. The molecule has 0 atom stereocenters. The Hall–Kier alpha value is -2.04. The average Bonchev–Trinajstić information content (AvgIpc) is 2.28. The summed E-state index contributed by atoms with van der Waals surface area (Å²) in [6.45, 7) is 4.26. The van der Waals surface area contributed by atoms with Crippen LogP contribution in [-0.4, -0.2) is 23.7 Å². The summed E-state index contributed by atoms with van der Waals surface area (Å²) in [5.41, 5.74) is 2.90. The number of hydrogen-bond donors (Lipinski definition) is 3. The molecule has 98 valence electrons. The zero-order valence-corrected chi connectivity index (χ0v) is 10.6. The van der Waals surface area contributed by atoms with E-state index in [0.717, 1.165) is 16.8 Å². The summed E-state index contributed by atoms with van der Waals surface area (Å²) < 4.78 is 0. The molecule has 2 amide bonds. The van der Waals surface area contributed by atoms with E-state index in [9.17, 15) is 9.59 Å². The number of carboxylic acids is 1. The molecule has 18 heavy (non-hydrogen) atoms. The number of aryl methyl sites for hydroxylation is 2. The molecule has 0 aliphatic rings. The minimum Gasteiger partial charge on any atom is -0.481 e. The van der Waals surface area contributed by atoms with Crippen LogP contribution in [0.2, 0.25) is 0 Å². The van der Waals surface area contributed by atoms with Gasteiger partial charge in [-0.15, -0.1) is 0 Å². The van der Waals surface area contributed by atoms with Crippen molar-refractivity contribution in [2.75, 3.05) is 11.9 Å². The second kappa shape index (κ2) is 6.64. The summed E-state index contributed by atoms with van der Waals surface area (Å²) in [6.07, 6.45) is 0.486. The van der Waals surface area contributed by atoms with Crippen molar-refractivity contribution < 1.29 is 14.7 Å². The van der Waals surface area contributed by atoms with Crippen LogP contribution in [0.1, 0.15) is 24.0 Å². The van der Waals surface area contributed by atoms with Crippen molar-refractivity contribution in [3.8, 4) is 0 Å². The van der Waals surface area contributed by atoms with Gasteiger partial charge in [0.05, 0.1) is 0 Å². The fraction of sp³-hybridized carbons (Fsp3) is 0.385. The standard InChI is InChI=1S/C13H18N2O3/c1-9-5-6-11(10(2)8-9)15-13(18)14-7-3-4-12(16)17/h5-6,8H,3-4,7H2,1-2H3,(H,16,17)(H2,14,15,18). The van der Waals surface area contributed by atoms with Gasteiger partial charge in [-0.1, -0.05) is 17.7 Å². The highest BCUT2D eigenvalue weighted by atomic mass is 16.4. The van der Waals surface area contributed by atoms with Gasteiger partial charge in [-0.2, -0.15) is 0 Å². The van der Waals surface area contributed by atoms with Crippen LogP contribution in [-0.2, 0) is 4.79 Å². The molecule has 0 spiro atoms. The SMILES string of the molecule is Cc1ccc(NC(=O)NCCCC(=O)O)c(C)c1. The molecule has 0 aliphatic carbocycles. The molecule has 1 aromatic rings. The van der Waals surface area contributed by atoms with E-state index >= 15 is 0 Å². The molecule has 5 heteroatoms. The minimum absolute atomic E-state index is 0.0594. The Morgan fingerprint density at radius 1 is 1.28 bits per heavy atom. The number of anilines is 1. The van der Waals surface area contributed by atoms with Crippen LogP contribution in [0.5, 0.6) is 0 Å². The van der Waals surface area contributed by atoms with Gasteiger partial charge in [-0.3, -0.25) is 4.79 Å². The average molecular weight is 250 g/mol. The molecule has 1 aromatic carbocycles. The van der Waals surface area contributed by atoms with E-state index in [1.807, 2.05) is 32.0 Å². The molecule has 0 saturated carbocycles. The summed E-state index contributed by atoms with van der Waals surface area (Å²) in [4.78, 5) is 21.8. The number of amides is 2. The first kappa shape index (κ1) is 14.0. The molecule has 0 aromatic heterocycles. The maximum Gasteiger partial charge on any atom is 0.319 e. The van der Waals surface area contributed by atoms with Gasteiger partial charge < -0.3 is 15.7 Å². The van der Waals surface area contributed by atoms with Crippen molar-refractivity contribution in [1.29, 1.82) is 0 Å². The Morgan fingerprint density at radius 2 is 2.00 bits per heavy atom. The van der Waals surface area contributed by atoms with E-state index in [4.69, 9.17) is 5.11 Å². The summed E-state index contributed by atoms with van der Waals surface area (Å²) in [7, 11) is 0. The first-order chi connectivity index (χ1) is 8.49. The number of nitrogens with one attached hydrogen (secondary N) is 2. The predicted octanol–water partition coefficient (Wildman–Crippen LogP) is 2.29. The van der Waals surface area contributed by atoms with E-state index in [1.54, 1.807) is 0 Å². The van der Waals surface area contributed by atoms with Crippen LogP contribution in [0.4, 0.5) is 10.5 Å². The molecule has 3 N–H and O–H groups in total. The van der Waals surface area contributed by atoms with Crippen LogP contribution in [0.25, 0.3) is 0 Å². The van der Waals surface area contributed by atoms with Crippen LogP contribution in [0.15, 0.2) is 18.2 Å². The molecule has 5 nitrogen and oxygen atoms in total. The smallest absolute Gasteiger partial charge is 0.319 e. The Labute approximate surface area is 106 Å². The fourth-order valence-corrected chi connectivity index (χ4v) is 1.56. The Kier molecular flexibility index (Phi) is 5.17. The number of aliphatic carboxylic acids is 1. The second-order valence-electron chi connectivity index (χ2n) is 4.20. The molecular weight excluding hydrogens is 232 g/mol. The van der Waals surface area contributed by atoms with E-state index in [-0.39, 0.29) is 12.5 Å². The number of rotatable bonds is 5. The molecular formula is C13H18N2O3. The molecule has 0 unspecified atom stereocenters. The summed E-state index contributed by atoms with van der Waals surface area (Å²) >= 11 is 0. The van der Waals surface area contributed by atoms with Crippen LogP contribution >= 0.6 is 0 Å². The maximum absolute atomic E-state index is 11.5. The Bertz CT molecular complexity index is 444. The molecule has 0 bridgehead atoms. The van der Waals surface area contributed by atoms with Crippen molar-refractivity contribution in [2.24, 2.45) is 0 Å². The lowest BCUT2D eigenvalue weighted by atomic mass is 10.1. The highest BCUT2D eigenvalue weighted by molar-refractivity contribution is 5.90. The second-order valence-corrected chi connectivity index (χ2v) is 4.20. The van der Waals surface area contributed by atoms with E-state index in [0.29, 0.717) is 13.0 Å². The van der Waals surface area contributed by atoms with Crippen molar-refractivity contribution in [3.05, 3.63) is 29.3 Å². The third-order valence-corrected chi connectivity index (χ3v) is 2.48. The zero-order valence-electron chi connectivity index (χ0n) is 10.6. The molecule has 0 heterocycles. The minimum atomic E-state index is -0.855. The van der Waals surface area contributed by atoms with E-state index in [1.165, 1.54) is 0 Å². The van der Waals surface area contributed by atoms with Crippen LogP contribution < -0.4 is 10.6 Å². The summed E-state index contributed by atoms with van der Waals surface area (Å²) in [5.74, 6) is -0.855. The first-order valence-electron chi connectivity index (χ1n) is 5.83. The fourth-order valence-electron chi connectivity index (χ4n) is 1.56. The normalized spacial score (nSPS) is 9.89. The van der Waals surface area contributed by atoms with Gasteiger partial charge in [0, 0.05) is 18.7 Å². The van der Waals surface area contributed by atoms with Gasteiger partial charge in [0.1, 0.15) is 0 Å². The van der Waals surface area contributed by atoms with Crippen molar-refractivity contribution in [2.45, 2.75) is 26.7 Å². The van der Waals surface area contributed by atoms with Gasteiger partial charge in [-0.05, 0) is 31.9 Å². The highest BCUT2D eigenvalue weighted by Crippen LogP contribution is 2.15. The number of carbonyl (C=O) groups excluding carboxylic acids is 1. The molecule has 1 rings (SSSR count). The number of carboxylic acid groups (broad SMARTS) is 1. The van der Waals surface area contributed by atoms with Gasteiger partial charge in [-0.25, -0.2) is 4.79 Å². The van der Waals surface area contributed by atoms with Crippen LogP contribution in [0.3, 0.4) is 0 Å². The summed E-state index contributed by atoms with van der Waals surface area (Å²) in [5, 5.41) is 13.8. The van der Waals surface area contributed by atoms with Crippen molar-refractivity contribution >= 4 is 17.7 Å². The molecule has 0 aliphatic heterocycles. The monoisotopic (exact) mass is 250 g/mol. The van der Waals surface area contributed by atoms with Gasteiger partial charge in [0.2, 0.25) is 0 Å². The quantitative estimate of drug-likeness (QED) is 0.701. The van der Waals surface area contributed by atoms with Gasteiger partial charge >= 0.3 is 12.0 Å². The predicted molar refractivity (Wildman–Crippen MR) is 69.8 cm³/mol. The number of urea groups is 1. The molecule has 0 fully saturated rings. The van der Waals surface area contributed by atoms with Gasteiger partial charge in [0.15, 0.2) is 0 Å². The van der Waals surface area contributed by atoms with Crippen LogP contribution in [0, 0.1) is 13.8 Å². The third kappa shape index (κ3) is 4.86. The molecule has 0 radical (unpaired) electrons. The zero-order chi connectivity index (χ0) is 13.5. The lowest BCUT2D eigenvalue weighted by Crippen LogP contribution is -2.30. The Balaban J connectivity index is 2.38. The third-order valence-electron chi connectivity index (χ3n) is 2.48. The molecule has 0 saturated heterocycles. The van der Waals surface area contributed by atoms with Gasteiger partial charge in [0.25, 0.3) is 0 Å². The van der Waals surface area contributed by atoms with E-state index in [2.05, 4.69) is 10.6 Å². The maximum atomic E-state index is 11.5. The van der Waals surface area contributed by atoms with Crippen molar-refractivity contribution in [3.63, 3.8) is 0 Å². The largest absolute Gasteiger partial charge is 0.481 e. The Morgan fingerprint density at radius 3 is 2.61 bits per heavy atom. The lowest BCUT2D eigenvalue weighted by molar-refractivity contribution is -0.137. The first-order valence-corrected chi connectivity index (χ1v) is 5.83. The summed E-state index contributed by atoms with van der Waals surface area (Å²) in [6, 6.07) is 5.45.